The molecule has 2 N–H and O–H groups in total. The number of rotatable bonds is 1. The van der Waals surface area contributed by atoms with Crippen LogP contribution in [0, 0.1) is 0 Å². The van der Waals surface area contributed by atoms with Gasteiger partial charge in [-0.25, -0.2) is 4.68 Å². The molecule has 62 valence electrons. The molecule has 12 heavy (non-hydrogen) atoms. The Hall–Kier alpha value is -1.99. The van der Waals surface area contributed by atoms with Crippen LogP contribution in [0.2, 0.25) is 0 Å². The van der Waals surface area contributed by atoms with Crippen molar-refractivity contribution in [2.75, 3.05) is 5.73 Å². The molecule has 0 unspecified atom stereocenters. The summed E-state index contributed by atoms with van der Waals surface area (Å²) in [6.45, 7) is 0. The highest BCUT2D eigenvalue weighted by atomic mass is 15.6. The van der Waals surface area contributed by atoms with Crippen molar-refractivity contribution in [3.05, 3.63) is 6.33 Å². The molecule has 0 spiro atoms. The summed E-state index contributed by atoms with van der Waals surface area (Å²) >= 11 is 0. The maximum Gasteiger partial charge on any atom is 0.274 e. The van der Waals surface area contributed by atoms with Crippen molar-refractivity contribution >= 4 is 5.95 Å². The van der Waals surface area contributed by atoms with E-state index in [-0.39, 0.29) is 0 Å². The monoisotopic (exact) mass is 166 g/mol. The van der Waals surface area contributed by atoms with Gasteiger partial charge in [0.1, 0.15) is 6.33 Å². The summed E-state index contributed by atoms with van der Waals surface area (Å²) in [5, 5.41) is 14.4. The number of aryl methyl sites for hydroxylation is 1. The van der Waals surface area contributed by atoms with Crippen LogP contribution in [0.25, 0.3) is 5.95 Å². The summed E-state index contributed by atoms with van der Waals surface area (Å²) in [5.74, 6) is 0.681. The number of anilines is 1. The molecular weight excluding hydrogens is 160 g/mol. The average molecular weight is 166 g/mol. The third-order valence-electron chi connectivity index (χ3n) is 1.34. The summed E-state index contributed by atoms with van der Waals surface area (Å²) in [4.78, 5) is 3.90. The zero-order valence-corrected chi connectivity index (χ0v) is 6.29. The second kappa shape index (κ2) is 2.26. The van der Waals surface area contributed by atoms with Crippen LogP contribution in [0.3, 0.4) is 0 Å². The van der Waals surface area contributed by atoms with Crippen molar-refractivity contribution in [1.29, 1.82) is 0 Å². The Bertz CT molecular complexity index is 352. The lowest BCUT2D eigenvalue weighted by Crippen LogP contribution is -1.99. The number of hydrogen-bond donors (Lipinski definition) is 1. The first-order valence-corrected chi connectivity index (χ1v) is 3.17. The van der Waals surface area contributed by atoms with Crippen molar-refractivity contribution in [2.45, 2.75) is 0 Å². The molecule has 0 aliphatic rings. The first kappa shape index (κ1) is 6.70. The van der Waals surface area contributed by atoms with E-state index in [1.54, 1.807) is 7.05 Å². The number of nitrogens with two attached hydrogens (primary N) is 1. The number of nitrogens with zero attached hydrogens (tertiary/aromatic N) is 7. The van der Waals surface area contributed by atoms with E-state index < -0.39 is 0 Å². The topological polar surface area (TPSA) is 100 Å². The Morgan fingerprint density at radius 1 is 1.50 bits per heavy atom. The van der Waals surface area contributed by atoms with Crippen molar-refractivity contribution in [3.63, 3.8) is 0 Å². The molecule has 0 aliphatic carbocycles. The van der Waals surface area contributed by atoms with Gasteiger partial charge in [0, 0.05) is 7.05 Å². The first-order chi connectivity index (χ1) is 5.77. The number of tetrazole rings is 1. The van der Waals surface area contributed by atoms with Crippen molar-refractivity contribution in [2.24, 2.45) is 7.05 Å². The predicted molar refractivity (Wildman–Crippen MR) is 38.1 cm³/mol. The zero-order chi connectivity index (χ0) is 8.55. The number of hydrogen-bond acceptors (Lipinski definition) is 6. The van der Waals surface area contributed by atoms with Gasteiger partial charge in [-0.15, -0.1) is 10.2 Å². The zero-order valence-electron chi connectivity index (χ0n) is 6.29. The van der Waals surface area contributed by atoms with Gasteiger partial charge in [-0.3, -0.25) is 0 Å². The van der Waals surface area contributed by atoms with Gasteiger partial charge in [-0.05, 0) is 10.4 Å². The van der Waals surface area contributed by atoms with Crippen LogP contribution < -0.4 is 5.73 Å². The third-order valence-corrected chi connectivity index (χ3v) is 1.34. The van der Waals surface area contributed by atoms with Gasteiger partial charge in [-0.1, -0.05) is 0 Å². The van der Waals surface area contributed by atoms with Gasteiger partial charge in [0.05, 0.1) is 0 Å². The van der Waals surface area contributed by atoms with Crippen molar-refractivity contribution in [3.8, 4) is 5.95 Å². The Morgan fingerprint density at radius 2 is 2.33 bits per heavy atom. The minimum absolute atomic E-state index is 0.320. The molecule has 0 amide bonds. The Balaban J connectivity index is 2.48. The first-order valence-electron chi connectivity index (χ1n) is 3.17. The molecule has 8 nitrogen and oxygen atoms in total. The second-order valence-corrected chi connectivity index (χ2v) is 2.15. The summed E-state index contributed by atoms with van der Waals surface area (Å²) in [7, 11) is 1.69. The Labute approximate surface area is 67.0 Å². The molecule has 0 bridgehead atoms. The van der Waals surface area contributed by atoms with Gasteiger partial charge in [0.25, 0.3) is 5.95 Å². The van der Waals surface area contributed by atoms with Crippen LogP contribution in [-0.2, 0) is 7.05 Å². The van der Waals surface area contributed by atoms with Crippen LogP contribution in [0.4, 0.5) is 5.95 Å². The number of nitrogen functional groups attached to an aromatic ring is 1. The molecular formula is C4H6N8. The van der Waals surface area contributed by atoms with Gasteiger partial charge >= 0.3 is 0 Å². The largest absolute Gasteiger partial charge is 0.368 e. The molecule has 0 saturated carbocycles. The van der Waals surface area contributed by atoms with Gasteiger partial charge in [0.15, 0.2) is 0 Å². The molecule has 2 aromatic rings. The molecule has 0 atom stereocenters. The fourth-order valence-corrected chi connectivity index (χ4v) is 0.733. The minimum Gasteiger partial charge on any atom is -0.368 e. The predicted octanol–water partition coefficient (Wildman–Crippen LogP) is -1.63. The molecule has 0 saturated heterocycles. The highest BCUT2D eigenvalue weighted by Gasteiger charge is 2.05. The highest BCUT2D eigenvalue weighted by Crippen LogP contribution is 1.99. The minimum atomic E-state index is 0.320. The van der Waals surface area contributed by atoms with Crippen molar-refractivity contribution < 1.29 is 0 Å². The van der Waals surface area contributed by atoms with Crippen LogP contribution in [0.1, 0.15) is 0 Å². The van der Waals surface area contributed by atoms with Crippen LogP contribution in [-0.4, -0.2) is 35.0 Å². The van der Waals surface area contributed by atoms with Gasteiger partial charge < -0.3 is 5.73 Å². The molecule has 2 rings (SSSR count). The quantitative estimate of drug-likeness (QED) is 0.546. The van der Waals surface area contributed by atoms with E-state index in [1.807, 2.05) is 0 Å². The van der Waals surface area contributed by atoms with E-state index in [0.29, 0.717) is 11.9 Å². The third kappa shape index (κ3) is 0.892. The molecule has 2 heterocycles. The van der Waals surface area contributed by atoms with Crippen molar-refractivity contribution in [1.82, 2.24) is 35.0 Å². The Morgan fingerprint density at radius 3 is 2.83 bits per heavy atom. The molecule has 8 heteroatoms. The maximum absolute atomic E-state index is 5.45. The lowest BCUT2D eigenvalue weighted by Gasteiger charge is -1.86. The molecule has 0 aliphatic heterocycles. The Kier molecular flexibility index (Phi) is 1.26. The summed E-state index contributed by atoms with van der Waals surface area (Å²) in [6.07, 6.45) is 1.40. The molecule has 2 aromatic heterocycles. The second-order valence-electron chi connectivity index (χ2n) is 2.15. The number of aromatic nitrogens is 7. The maximum atomic E-state index is 5.45. The summed E-state index contributed by atoms with van der Waals surface area (Å²) in [6, 6.07) is 0. The fourth-order valence-electron chi connectivity index (χ4n) is 0.733. The van der Waals surface area contributed by atoms with Crippen LogP contribution in [0.5, 0.6) is 0 Å². The molecule has 0 radical (unpaired) electrons. The lowest BCUT2D eigenvalue weighted by molar-refractivity contribution is 0.713. The van der Waals surface area contributed by atoms with E-state index >= 15 is 0 Å². The summed E-state index contributed by atoms with van der Waals surface area (Å²) < 4.78 is 2.77. The van der Waals surface area contributed by atoms with E-state index in [9.17, 15) is 0 Å². The lowest BCUT2D eigenvalue weighted by atomic mass is 11.0. The SMILES string of the molecule is Cn1nc(-n2cnnn2)nc1N. The van der Waals surface area contributed by atoms with E-state index in [2.05, 4.69) is 25.6 Å². The van der Waals surface area contributed by atoms with Crippen LogP contribution in [0.15, 0.2) is 6.33 Å². The van der Waals surface area contributed by atoms with Crippen LogP contribution >= 0.6 is 0 Å². The van der Waals surface area contributed by atoms with Gasteiger partial charge in [-0.2, -0.15) is 9.67 Å². The molecule has 0 fully saturated rings. The average Bonchev–Trinajstić information content (AvgIpc) is 2.61. The van der Waals surface area contributed by atoms with Gasteiger partial charge in [0.2, 0.25) is 5.95 Å². The normalized spacial score (nSPS) is 10.4. The molecule has 0 aromatic carbocycles. The van der Waals surface area contributed by atoms with E-state index in [4.69, 9.17) is 5.73 Å². The highest BCUT2D eigenvalue weighted by molar-refractivity contribution is 5.21. The standard InChI is InChI=1S/C4H6N8/c1-11-3(5)7-4(8-11)12-2-6-9-10-12/h2H,1H3,(H2,5,7,8). The van der Waals surface area contributed by atoms with E-state index in [0.717, 1.165) is 0 Å². The summed E-state index contributed by atoms with van der Waals surface area (Å²) in [5.41, 5.74) is 5.45. The van der Waals surface area contributed by atoms with E-state index in [1.165, 1.54) is 15.7 Å². The fraction of sp³-hybridized carbons (Fsp3) is 0.250. The smallest absolute Gasteiger partial charge is 0.274 e.